The standard InChI is InChI=1S/C39H28N2O/c1-26(28-14-5-3-6-15-28)40-39(29-16-7-4-8-17-29)41-27(2)31-24-30-18-9-10-19-32(30)35(25-31)33-21-13-23-37-38(33)34-20-11-12-22-36(34)42-37/h3-25H,1H2,2H3/b40-39-,41-27+. The molecule has 6 aromatic carbocycles. The van der Waals surface area contributed by atoms with Gasteiger partial charge in [0.25, 0.3) is 0 Å². The fourth-order valence-corrected chi connectivity index (χ4v) is 5.53. The van der Waals surface area contributed by atoms with Gasteiger partial charge in [-0.2, -0.15) is 0 Å². The van der Waals surface area contributed by atoms with Gasteiger partial charge >= 0.3 is 0 Å². The molecule has 0 aliphatic carbocycles. The predicted octanol–water partition coefficient (Wildman–Crippen LogP) is 10.3. The molecule has 0 amide bonds. The molecule has 42 heavy (non-hydrogen) atoms. The summed E-state index contributed by atoms with van der Waals surface area (Å²) in [5.74, 6) is 0.625. The lowest BCUT2D eigenvalue weighted by atomic mass is 9.92. The lowest BCUT2D eigenvalue weighted by molar-refractivity contribution is 0.669. The molecule has 0 N–H and O–H groups in total. The van der Waals surface area contributed by atoms with Gasteiger partial charge in [0, 0.05) is 22.0 Å². The number of benzene rings is 6. The molecule has 3 heteroatoms. The van der Waals surface area contributed by atoms with Gasteiger partial charge in [0.2, 0.25) is 0 Å². The van der Waals surface area contributed by atoms with Crippen molar-refractivity contribution >= 4 is 50.0 Å². The number of hydrogen-bond acceptors (Lipinski definition) is 2. The van der Waals surface area contributed by atoms with Gasteiger partial charge in [-0.05, 0) is 64.2 Å². The number of rotatable bonds is 5. The van der Waals surface area contributed by atoms with Crippen molar-refractivity contribution in [3.63, 3.8) is 0 Å². The average molecular weight is 541 g/mol. The van der Waals surface area contributed by atoms with E-state index in [1.54, 1.807) is 0 Å². The zero-order valence-corrected chi connectivity index (χ0v) is 23.3. The monoisotopic (exact) mass is 540 g/mol. The van der Waals surface area contributed by atoms with Crippen LogP contribution in [0.25, 0.3) is 49.5 Å². The Morgan fingerprint density at radius 2 is 1.19 bits per heavy atom. The van der Waals surface area contributed by atoms with Crippen LogP contribution in [-0.4, -0.2) is 11.5 Å². The van der Waals surface area contributed by atoms with E-state index in [0.717, 1.165) is 60.9 Å². The second kappa shape index (κ2) is 10.8. The summed E-state index contributed by atoms with van der Waals surface area (Å²) in [6.45, 7) is 6.30. The van der Waals surface area contributed by atoms with Gasteiger partial charge in [-0.3, -0.25) is 0 Å². The normalized spacial score (nSPS) is 12.3. The first-order valence-electron chi connectivity index (χ1n) is 14.0. The molecular formula is C39H28N2O. The van der Waals surface area contributed by atoms with Gasteiger partial charge in [-0.15, -0.1) is 0 Å². The molecule has 0 radical (unpaired) electrons. The third-order valence-electron chi connectivity index (χ3n) is 7.63. The highest BCUT2D eigenvalue weighted by molar-refractivity contribution is 6.18. The van der Waals surface area contributed by atoms with E-state index in [2.05, 4.69) is 67.2 Å². The highest BCUT2D eigenvalue weighted by Crippen LogP contribution is 2.39. The van der Waals surface area contributed by atoms with E-state index in [1.807, 2.05) is 85.8 Å². The maximum atomic E-state index is 6.23. The zero-order chi connectivity index (χ0) is 28.5. The second-order valence-electron chi connectivity index (χ2n) is 10.3. The van der Waals surface area contributed by atoms with Gasteiger partial charge in [-0.1, -0.05) is 122 Å². The van der Waals surface area contributed by atoms with Gasteiger partial charge in [0.05, 0.1) is 5.70 Å². The number of amidine groups is 1. The molecule has 1 aromatic heterocycles. The summed E-state index contributed by atoms with van der Waals surface area (Å²) >= 11 is 0. The van der Waals surface area contributed by atoms with Gasteiger partial charge in [-0.25, -0.2) is 9.98 Å². The highest BCUT2D eigenvalue weighted by Gasteiger charge is 2.16. The highest BCUT2D eigenvalue weighted by atomic mass is 16.3. The van der Waals surface area contributed by atoms with E-state index < -0.39 is 0 Å². The van der Waals surface area contributed by atoms with Crippen molar-refractivity contribution in [1.29, 1.82) is 0 Å². The van der Waals surface area contributed by atoms with Crippen LogP contribution < -0.4 is 0 Å². The summed E-state index contributed by atoms with van der Waals surface area (Å²) in [4.78, 5) is 10.0. The molecule has 0 saturated heterocycles. The second-order valence-corrected chi connectivity index (χ2v) is 10.3. The Labute approximate surface area is 244 Å². The topological polar surface area (TPSA) is 37.9 Å². The van der Waals surface area contributed by atoms with Gasteiger partial charge in [0.1, 0.15) is 11.2 Å². The lowest BCUT2D eigenvalue weighted by Crippen LogP contribution is -2.04. The van der Waals surface area contributed by atoms with Crippen LogP contribution in [0.1, 0.15) is 23.6 Å². The Morgan fingerprint density at radius 3 is 1.98 bits per heavy atom. The average Bonchev–Trinajstić information content (AvgIpc) is 3.44. The molecule has 0 atom stereocenters. The summed E-state index contributed by atoms with van der Waals surface area (Å²) in [5.41, 5.74) is 8.52. The summed E-state index contributed by atoms with van der Waals surface area (Å²) in [6.07, 6.45) is 0. The van der Waals surface area contributed by atoms with Crippen LogP contribution in [0.15, 0.2) is 161 Å². The third kappa shape index (κ3) is 4.71. The lowest BCUT2D eigenvalue weighted by Gasteiger charge is -2.13. The molecule has 0 unspecified atom stereocenters. The Bertz CT molecular complexity index is 2150. The van der Waals surface area contributed by atoms with Crippen LogP contribution in [-0.2, 0) is 0 Å². The van der Waals surface area contributed by atoms with Gasteiger partial charge in [0.15, 0.2) is 5.84 Å². The Morgan fingerprint density at radius 1 is 0.548 bits per heavy atom. The smallest absolute Gasteiger partial charge is 0.160 e. The van der Waals surface area contributed by atoms with E-state index >= 15 is 0 Å². The minimum absolute atomic E-state index is 0.625. The van der Waals surface area contributed by atoms with E-state index in [1.165, 1.54) is 5.39 Å². The van der Waals surface area contributed by atoms with Crippen molar-refractivity contribution in [3.8, 4) is 11.1 Å². The van der Waals surface area contributed by atoms with E-state index in [0.29, 0.717) is 11.5 Å². The first-order valence-corrected chi connectivity index (χ1v) is 14.0. The number of hydrogen-bond donors (Lipinski definition) is 0. The maximum absolute atomic E-state index is 6.23. The molecule has 0 saturated carbocycles. The van der Waals surface area contributed by atoms with Crippen molar-refractivity contribution in [3.05, 3.63) is 163 Å². The Kier molecular flexibility index (Phi) is 6.54. The van der Waals surface area contributed by atoms with Crippen molar-refractivity contribution in [2.45, 2.75) is 6.92 Å². The largest absolute Gasteiger partial charge is 0.456 e. The summed E-state index contributed by atoms with van der Waals surface area (Å²) < 4.78 is 6.23. The summed E-state index contributed by atoms with van der Waals surface area (Å²) in [6, 6.07) is 47.6. The molecule has 0 fully saturated rings. The van der Waals surface area contributed by atoms with Crippen LogP contribution in [0.3, 0.4) is 0 Å². The summed E-state index contributed by atoms with van der Waals surface area (Å²) in [7, 11) is 0. The van der Waals surface area contributed by atoms with E-state index in [-0.39, 0.29) is 0 Å². The van der Waals surface area contributed by atoms with Crippen LogP contribution in [0.4, 0.5) is 0 Å². The molecule has 0 aliphatic heterocycles. The molecule has 0 spiro atoms. The molecule has 1 heterocycles. The van der Waals surface area contributed by atoms with Crippen molar-refractivity contribution < 1.29 is 4.42 Å². The number of fused-ring (bicyclic) bond motifs is 4. The quantitative estimate of drug-likeness (QED) is 0.158. The fourth-order valence-electron chi connectivity index (χ4n) is 5.53. The van der Waals surface area contributed by atoms with Crippen molar-refractivity contribution in [2.75, 3.05) is 0 Å². The summed E-state index contributed by atoms with van der Waals surface area (Å²) in [5, 5.41) is 4.56. The predicted molar refractivity (Wildman–Crippen MR) is 177 cm³/mol. The molecule has 3 nitrogen and oxygen atoms in total. The maximum Gasteiger partial charge on any atom is 0.160 e. The van der Waals surface area contributed by atoms with E-state index in [4.69, 9.17) is 14.4 Å². The van der Waals surface area contributed by atoms with Crippen LogP contribution >= 0.6 is 0 Å². The van der Waals surface area contributed by atoms with Crippen LogP contribution in [0, 0.1) is 0 Å². The van der Waals surface area contributed by atoms with Gasteiger partial charge < -0.3 is 4.42 Å². The van der Waals surface area contributed by atoms with E-state index in [9.17, 15) is 0 Å². The minimum Gasteiger partial charge on any atom is -0.456 e. The zero-order valence-electron chi connectivity index (χ0n) is 23.3. The number of nitrogens with zero attached hydrogens (tertiary/aromatic N) is 2. The van der Waals surface area contributed by atoms with Crippen molar-refractivity contribution in [1.82, 2.24) is 0 Å². The minimum atomic E-state index is 0.625. The van der Waals surface area contributed by atoms with Crippen molar-refractivity contribution in [2.24, 2.45) is 9.98 Å². The fraction of sp³-hybridized carbons (Fsp3) is 0.0256. The molecule has 0 aliphatic rings. The molecule has 7 rings (SSSR count). The van der Waals surface area contributed by atoms with Crippen LogP contribution in [0.5, 0.6) is 0 Å². The number of aliphatic imine (C=N–C) groups is 2. The molecule has 0 bridgehead atoms. The number of para-hydroxylation sites is 1. The van der Waals surface area contributed by atoms with Crippen LogP contribution in [0.2, 0.25) is 0 Å². The third-order valence-corrected chi connectivity index (χ3v) is 7.63. The SMILES string of the molecule is C=C(/N=C(\N=C(/C)c1cc(-c2cccc3oc4ccccc4c23)c2ccccc2c1)c1ccccc1)c1ccccc1. The first kappa shape index (κ1) is 25.4. The number of furan rings is 1. The molecular weight excluding hydrogens is 512 g/mol. The Hall–Kier alpha value is -5.54. The molecule has 7 aromatic rings. The Balaban J connectivity index is 1.41. The molecule has 200 valence electrons. The first-order chi connectivity index (χ1) is 20.7.